The van der Waals surface area contributed by atoms with E-state index >= 15 is 0 Å². The van der Waals surface area contributed by atoms with Crippen LogP contribution in [-0.2, 0) is 14.3 Å². The molecule has 0 heterocycles. The quantitative estimate of drug-likeness (QED) is 0.638. The zero-order valence-corrected chi connectivity index (χ0v) is 12.8. The molecule has 112 valence electrons. The van der Waals surface area contributed by atoms with Gasteiger partial charge in [0.15, 0.2) is 0 Å². The van der Waals surface area contributed by atoms with Gasteiger partial charge in [-0.05, 0) is 26.2 Å². The first-order chi connectivity index (χ1) is 8.96. The van der Waals surface area contributed by atoms with E-state index in [4.69, 9.17) is 9.47 Å². The van der Waals surface area contributed by atoms with Gasteiger partial charge >= 0.3 is 12.1 Å². The average Bonchev–Trinajstić information content (AvgIpc) is 2.33. The molecule has 0 rings (SSSR count). The lowest BCUT2D eigenvalue weighted by molar-refractivity contribution is -0.144. The molecule has 5 heteroatoms. The molecule has 0 fully saturated rings. The first kappa shape index (κ1) is 17.7. The van der Waals surface area contributed by atoms with Crippen LogP contribution in [0, 0.1) is 5.92 Å². The Morgan fingerprint density at radius 1 is 1.05 bits per heavy atom. The minimum atomic E-state index is -0.354. The molecular weight excluding hydrogens is 246 g/mol. The fraction of sp³-hybridized carbons (Fsp3) is 0.857. The molecule has 0 bridgehead atoms. The maximum atomic E-state index is 12.0. The summed E-state index contributed by atoms with van der Waals surface area (Å²) >= 11 is 0. The number of esters is 1. The molecule has 0 aliphatic heterocycles. The van der Waals surface area contributed by atoms with Crippen molar-refractivity contribution < 1.29 is 19.1 Å². The molecule has 0 N–H and O–H groups in total. The summed E-state index contributed by atoms with van der Waals surface area (Å²) in [6.45, 7) is 10.8. The Balaban J connectivity index is 4.75. The van der Waals surface area contributed by atoms with Crippen molar-refractivity contribution in [3.8, 4) is 0 Å². The molecule has 19 heavy (non-hydrogen) atoms. The van der Waals surface area contributed by atoms with Gasteiger partial charge in [-0.25, -0.2) is 4.79 Å². The molecule has 0 saturated carbocycles. The first-order valence-corrected chi connectivity index (χ1v) is 7.05. The van der Waals surface area contributed by atoms with Crippen LogP contribution in [0.5, 0.6) is 0 Å². The summed E-state index contributed by atoms with van der Waals surface area (Å²) in [5.41, 5.74) is 0. The van der Waals surface area contributed by atoms with E-state index in [0.717, 1.165) is 0 Å². The Labute approximate surface area is 116 Å². The number of carbonyl (C=O) groups is 2. The molecule has 0 spiro atoms. The number of amides is 1. The molecule has 0 aliphatic rings. The van der Waals surface area contributed by atoms with Crippen molar-refractivity contribution in [3.05, 3.63) is 0 Å². The number of hydrogen-bond acceptors (Lipinski definition) is 4. The van der Waals surface area contributed by atoms with Gasteiger partial charge < -0.3 is 14.4 Å². The maximum absolute atomic E-state index is 12.0. The molecule has 1 unspecified atom stereocenters. The van der Waals surface area contributed by atoms with Crippen LogP contribution < -0.4 is 0 Å². The normalized spacial score (nSPS) is 12.1. The van der Waals surface area contributed by atoms with Crippen molar-refractivity contribution in [2.24, 2.45) is 5.92 Å². The second-order valence-corrected chi connectivity index (χ2v) is 4.82. The Kier molecular flexibility index (Phi) is 9.00. The van der Waals surface area contributed by atoms with Gasteiger partial charge in [-0.2, -0.15) is 0 Å². The lowest BCUT2D eigenvalue weighted by atomic mass is 10.1. The SMILES string of the molecule is CCOC(=O)CC(CC)N(CC(C)C)C(=O)OCC. The Morgan fingerprint density at radius 3 is 2.05 bits per heavy atom. The molecule has 0 aromatic rings. The average molecular weight is 273 g/mol. The van der Waals surface area contributed by atoms with Gasteiger partial charge in [0.25, 0.3) is 0 Å². The molecule has 1 amide bonds. The molecule has 5 nitrogen and oxygen atoms in total. The van der Waals surface area contributed by atoms with Crippen molar-refractivity contribution in [1.29, 1.82) is 0 Å². The summed E-state index contributed by atoms with van der Waals surface area (Å²) in [6, 6.07) is -0.166. The molecular formula is C14H27NO4. The second kappa shape index (κ2) is 9.64. The number of hydrogen-bond donors (Lipinski definition) is 0. The largest absolute Gasteiger partial charge is 0.466 e. The minimum Gasteiger partial charge on any atom is -0.466 e. The van der Waals surface area contributed by atoms with Crippen molar-refractivity contribution in [2.75, 3.05) is 19.8 Å². The predicted octanol–water partition coefficient (Wildman–Crippen LogP) is 2.83. The smallest absolute Gasteiger partial charge is 0.410 e. The van der Waals surface area contributed by atoms with Crippen LogP contribution in [0.3, 0.4) is 0 Å². The lowest BCUT2D eigenvalue weighted by Gasteiger charge is -2.31. The van der Waals surface area contributed by atoms with Gasteiger partial charge in [0.2, 0.25) is 0 Å². The highest BCUT2D eigenvalue weighted by Gasteiger charge is 2.26. The van der Waals surface area contributed by atoms with E-state index in [1.165, 1.54) is 0 Å². The molecule has 0 aromatic carbocycles. The zero-order valence-electron chi connectivity index (χ0n) is 12.8. The highest BCUT2D eigenvalue weighted by Crippen LogP contribution is 2.14. The van der Waals surface area contributed by atoms with Crippen LogP contribution in [0.25, 0.3) is 0 Å². The van der Waals surface area contributed by atoms with Crippen LogP contribution in [-0.4, -0.2) is 42.8 Å². The fourth-order valence-corrected chi connectivity index (χ4v) is 1.86. The van der Waals surface area contributed by atoms with Crippen molar-refractivity contribution in [1.82, 2.24) is 4.90 Å². The van der Waals surface area contributed by atoms with E-state index in [0.29, 0.717) is 32.1 Å². The van der Waals surface area contributed by atoms with E-state index in [2.05, 4.69) is 0 Å². The van der Waals surface area contributed by atoms with Gasteiger partial charge in [0.05, 0.1) is 19.6 Å². The van der Waals surface area contributed by atoms with E-state index in [1.54, 1.807) is 18.7 Å². The summed E-state index contributed by atoms with van der Waals surface area (Å²) in [6.07, 6.45) is 0.563. The maximum Gasteiger partial charge on any atom is 0.410 e. The molecule has 0 aromatic heterocycles. The molecule has 0 aliphatic carbocycles. The Hall–Kier alpha value is -1.26. The summed E-state index contributed by atoms with van der Waals surface area (Å²) in [7, 11) is 0. The van der Waals surface area contributed by atoms with Gasteiger partial charge in [-0.1, -0.05) is 20.8 Å². The predicted molar refractivity (Wildman–Crippen MR) is 73.9 cm³/mol. The van der Waals surface area contributed by atoms with Crippen molar-refractivity contribution >= 4 is 12.1 Å². The van der Waals surface area contributed by atoms with Crippen LogP contribution in [0.4, 0.5) is 4.79 Å². The molecule has 0 saturated heterocycles. The molecule has 0 radical (unpaired) electrons. The third kappa shape index (κ3) is 7.03. The minimum absolute atomic E-state index is 0.166. The number of ether oxygens (including phenoxy) is 2. The number of rotatable bonds is 8. The highest BCUT2D eigenvalue weighted by atomic mass is 16.6. The van der Waals surface area contributed by atoms with Crippen molar-refractivity contribution in [2.45, 2.75) is 53.5 Å². The van der Waals surface area contributed by atoms with Gasteiger partial charge in [-0.3, -0.25) is 4.79 Å². The lowest BCUT2D eigenvalue weighted by Crippen LogP contribution is -2.43. The summed E-state index contributed by atoms with van der Waals surface area (Å²) in [5, 5.41) is 0. The van der Waals surface area contributed by atoms with Crippen LogP contribution >= 0.6 is 0 Å². The Bertz CT molecular complexity index is 279. The Morgan fingerprint density at radius 2 is 1.63 bits per heavy atom. The standard InChI is InChI=1S/C14H27NO4/c1-6-12(9-13(16)18-7-2)15(10-11(4)5)14(17)19-8-3/h11-12H,6-10H2,1-5H3. The van der Waals surface area contributed by atoms with Crippen molar-refractivity contribution in [3.63, 3.8) is 0 Å². The second-order valence-electron chi connectivity index (χ2n) is 4.82. The van der Waals surface area contributed by atoms with Crippen LogP contribution in [0.1, 0.15) is 47.5 Å². The van der Waals surface area contributed by atoms with Crippen LogP contribution in [0.15, 0.2) is 0 Å². The monoisotopic (exact) mass is 273 g/mol. The van der Waals surface area contributed by atoms with E-state index in [9.17, 15) is 9.59 Å². The fourth-order valence-electron chi connectivity index (χ4n) is 1.86. The summed E-state index contributed by atoms with van der Waals surface area (Å²) in [5.74, 6) is 0.0491. The summed E-state index contributed by atoms with van der Waals surface area (Å²) in [4.78, 5) is 25.2. The number of nitrogens with zero attached hydrogens (tertiary/aromatic N) is 1. The summed E-state index contributed by atoms with van der Waals surface area (Å²) < 4.78 is 10.0. The molecule has 1 atom stereocenters. The topological polar surface area (TPSA) is 55.8 Å². The van der Waals surface area contributed by atoms with Crippen LogP contribution in [0.2, 0.25) is 0 Å². The van der Waals surface area contributed by atoms with E-state index in [1.807, 2.05) is 20.8 Å². The highest BCUT2D eigenvalue weighted by molar-refractivity contribution is 5.72. The van der Waals surface area contributed by atoms with Gasteiger partial charge in [0, 0.05) is 12.6 Å². The first-order valence-electron chi connectivity index (χ1n) is 7.05. The zero-order chi connectivity index (χ0) is 14.8. The van der Waals surface area contributed by atoms with E-state index in [-0.39, 0.29) is 24.5 Å². The third-order valence-corrected chi connectivity index (χ3v) is 2.68. The number of carbonyl (C=O) groups excluding carboxylic acids is 2. The third-order valence-electron chi connectivity index (χ3n) is 2.68. The van der Waals surface area contributed by atoms with Gasteiger partial charge in [-0.15, -0.1) is 0 Å². The van der Waals surface area contributed by atoms with E-state index < -0.39 is 0 Å². The van der Waals surface area contributed by atoms with Gasteiger partial charge in [0.1, 0.15) is 0 Å².